The molecule has 1 aromatic heterocycles. The summed E-state index contributed by atoms with van der Waals surface area (Å²) in [5.41, 5.74) is 4.26. The minimum Gasteiger partial charge on any atom is -0.493 e. The van der Waals surface area contributed by atoms with Crippen LogP contribution in [0.1, 0.15) is 21.5 Å². The predicted octanol–water partition coefficient (Wildman–Crippen LogP) is 5.34. The Balaban J connectivity index is 1.70. The first kappa shape index (κ1) is 22.3. The van der Waals surface area contributed by atoms with Gasteiger partial charge in [-0.1, -0.05) is 35.3 Å². The number of ether oxygens (including phenoxy) is 2. The molecule has 0 radical (unpaired) electrons. The minimum absolute atomic E-state index is 0.101. The number of halogens is 3. The number of hydrogen-bond donors (Lipinski definition) is 1. The van der Waals surface area contributed by atoms with Gasteiger partial charge in [0.1, 0.15) is 11.8 Å². The third-order valence-electron chi connectivity index (χ3n) is 3.93. The maximum absolute atomic E-state index is 12.1. The summed E-state index contributed by atoms with van der Waals surface area (Å²) in [6, 6.07) is 14.5. The van der Waals surface area contributed by atoms with Crippen molar-refractivity contribution < 1.29 is 14.3 Å². The number of aromatic nitrogens is 1. The van der Waals surface area contributed by atoms with E-state index in [1.807, 2.05) is 24.3 Å². The van der Waals surface area contributed by atoms with Crippen LogP contribution in [0.2, 0.25) is 10.2 Å². The molecule has 0 aliphatic carbocycles. The highest BCUT2D eigenvalue weighted by Crippen LogP contribution is 2.36. The van der Waals surface area contributed by atoms with Crippen LogP contribution < -0.4 is 14.9 Å². The van der Waals surface area contributed by atoms with Gasteiger partial charge >= 0.3 is 0 Å². The Morgan fingerprint density at radius 1 is 1.23 bits per heavy atom. The van der Waals surface area contributed by atoms with Crippen LogP contribution in [0.25, 0.3) is 0 Å². The van der Waals surface area contributed by atoms with Gasteiger partial charge in [-0.15, -0.1) is 0 Å². The van der Waals surface area contributed by atoms with E-state index in [1.165, 1.54) is 19.5 Å². The lowest BCUT2D eigenvalue weighted by molar-refractivity contribution is 0.0955. The zero-order valence-corrected chi connectivity index (χ0v) is 19.4. The van der Waals surface area contributed by atoms with Crippen LogP contribution in [0.15, 0.2) is 59.8 Å². The SMILES string of the molecule is COc1cc(C=NNC(=O)c2cccnc2Cl)cc(Cl)c1OCc1ccc(I)cc1. The third kappa shape index (κ3) is 5.84. The Hall–Kier alpha value is -2.36. The van der Waals surface area contributed by atoms with Gasteiger partial charge in [-0.05, 0) is 70.1 Å². The Morgan fingerprint density at radius 2 is 2.00 bits per heavy atom. The molecule has 0 aliphatic heterocycles. The van der Waals surface area contributed by atoms with Gasteiger partial charge in [0.25, 0.3) is 5.91 Å². The van der Waals surface area contributed by atoms with Crippen LogP contribution in [-0.2, 0) is 6.61 Å². The molecule has 1 heterocycles. The zero-order valence-electron chi connectivity index (χ0n) is 15.7. The molecule has 30 heavy (non-hydrogen) atoms. The van der Waals surface area contributed by atoms with Gasteiger partial charge in [-0.2, -0.15) is 5.10 Å². The van der Waals surface area contributed by atoms with Crippen LogP contribution >= 0.6 is 45.8 Å². The van der Waals surface area contributed by atoms with Crippen molar-refractivity contribution >= 4 is 57.9 Å². The van der Waals surface area contributed by atoms with Crippen LogP contribution in [0, 0.1) is 3.57 Å². The Morgan fingerprint density at radius 3 is 2.70 bits per heavy atom. The number of pyridine rings is 1. The van der Waals surface area contributed by atoms with E-state index in [0.29, 0.717) is 28.7 Å². The largest absolute Gasteiger partial charge is 0.493 e. The fourth-order valence-corrected chi connectivity index (χ4v) is 3.31. The van der Waals surface area contributed by atoms with Crippen molar-refractivity contribution in [2.75, 3.05) is 7.11 Å². The molecule has 0 saturated carbocycles. The smallest absolute Gasteiger partial charge is 0.274 e. The summed E-state index contributed by atoms with van der Waals surface area (Å²) in [5.74, 6) is 0.414. The predicted molar refractivity (Wildman–Crippen MR) is 126 cm³/mol. The maximum atomic E-state index is 12.1. The molecule has 2 aromatic carbocycles. The van der Waals surface area contributed by atoms with Gasteiger partial charge in [0.15, 0.2) is 11.5 Å². The van der Waals surface area contributed by atoms with Crippen molar-refractivity contribution in [3.05, 3.63) is 85.2 Å². The summed E-state index contributed by atoms with van der Waals surface area (Å²) >= 11 is 14.5. The molecule has 154 valence electrons. The average molecular weight is 556 g/mol. The first-order valence-corrected chi connectivity index (χ1v) is 10.5. The first-order chi connectivity index (χ1) is 14.5. The fraction of sp³-hybridized carbons (Fsp3) is 0.0952. The molecule has 0 atom stereocenters. The lowest BCUT2D eigenvalue weighted by Crippen LogP contribution is -2.18. The van der Waals surface area contributed by atoms with Crippen LogP contribution in [0.4, 0.5) is 0 Å². The van der Waals surface area contributed by atoms with E-state index in [0.717, 1.165) is 9.13 Å². The van der Waals surface area contributed by atoms with Crippen molar-refractivity contribution in [3.8, 4) is 11.5 Å². The topological polar surface area (TPSA) is 72.8 Å². The fourth-order valence-electron chi connectivity index (χ4n) is 2.47. The number of nitrogens with one attached hydrogen (secondary N) is 1. The molecule has 0 saturated heterocycles. The van der Waals surface area contributed by atoms with Crippen molar-refractivity contribution in [2.24, 2.45) is 5.10 Å². The minimum atomic E-state index is -0.472. The molecule has 9 heteroatoms. The van der Waals surface area contributed by atoms with Gasteiger partial charge in [-0.3, -0.25) is 4.79 Å². The van der Waals surface area contributed by atoms with Crippen molar-refractivity contribution in [1.29, 1.82) is 0 Å². The van der Waals surface area contributed by atoms with Crippen LogP contribution in [0.5, 0.6) is 11.5 Å². The molecule has 3 rings (SSSR count). The molecule has 6 nitrogen and oxygen atoms in total. The van der Waals surface area contributed by atoms with E-state index in [1.54, 1.807) is 24.3 Å². The summed E-state index contributed by atoms with van der Waals surface area (Å²) in [7, 11) is 1.52. The number of benzene rings is 2. The number of hydrogen-bond acceptors (Lipinski definition) is 5. The molecule has 0 aliphatic rings. The summed E-state index contributed by atoms with van der Waals surface area (Å²) in [6.07, 6.45) is 2.94. The maximum Gasteiger partial charge on any atom is 0.274 e. The highest BCUT2D eigenvalue weighted by molar-refractivity contribution is 14.1. The third-order valence-corrected chi connectivity index (χ3v) is 5.23. The van der Waals surface area contributed by atoms with E-state index in [-0.39, 0.29) is 10.7 Å². The van der Waals surface area contributed by atoms with Crippen molar-refractivity contribution in [3.63, 3.8) is 0 Å². The van der Waals surface area contributed by atoms with E-state index >= 15 is 0 Å². The number of carbonyl (C=O) groups excluding carboxylic acids is 1. The zero-order chi connectivity index (χ0) is 21.5. The first-order valence-electron chi connectivity index (χ1n) is 8.66. The molecular formula is C21H16Cl2IN3O3. The van der Waals surface area contributed by atoms with Gasteiger partial charge in [0, 0.05) is 9.77 Å². The molecule has 3 aromatic rings. The summed E-state index contributed by atoms with van der Waals surface area (Å²) < 4.78 is 12.4. The number of carbonyl (C=O) groups is 1. The lowest BCUT2D eigenvalue weighted by Gasteiger charge is -2.13. The Labute approximate surface area is 197 Å². The standard InChI is InChI=1S/C21H16Cl2IN3O3/c1-29-18-10-14(11-26-27-21(28)16-3-2-8-25-20(16)23)9-17(22)19(18)30-12-13-4-6-15(24)7-5-13/h2-11H,12H2,1H3,(H,27,28). The number of amides is 1. The van der Waals surface area contributed by atoms with E-state index in [9.17, 15) is 4.79 Å². The van der Waals surface area contributed by atoms with E-state index < -0.39 is 5.91 Å². The number of hydrazone groups is 1. The Kier molecular flexibility index (Phi) is 7.89. The van der Waals surface area contributed by atoms with E-state index in [4.69, 9.17) is 32.7 Å². The monoisotopic (exact) mass is 555 g/mol. The van der Waals surface area contributed by atoms with Gasteiger partial charge in [0.2, 0.25) is 0 Å². The van der Waals surface area contributed by atoms with Crippen LogP contribution in [0.3, 0.4) is 0 Å². The number of methoxy groups -OCH3 is 1. The quantitative estimate of drug-likeness (QED) is 0.185. The molecule has 0 unspecified atom stereocenters. The molecule has 0 spiro atoms. The van der Waals surface area contributed by atoms with Gasteiger partial charge in [-0.25, -0.2) is 10.4 Å². The second-order valence-corrected chi connectivity index (χ2v) is 8.00. The van der Waals surface area contributed by atoms with E-state index in [2.05, 4.69) is 38.1 Å². The molecule has 0 bridgehead atoms. The van der Waals surface area contributed by atoms with Crippen molar-refractivity contribution in [1.82, 2.24) is 10.4 Å². The molecular weight excluding hydrogens is 540 g/mol. The second kappa shape index (κ2) is 10.6. The highest BCUT2D eigenvalue weighted by Gasteiger charge is 2.13. The second-order valence-electron chi connectivity index (χ2n) is 5.99. The van der Waals surface area contributed by atoms with Crippen LogP contribution in [-0.4, -0.2) is 24.2 Å². The molecule has 1 N–H and O–H groups in total. The van der Waals surface area contributed by atoms with Crippen molar-refractivity contribution in [2.45, 2.75) is 6.61 Å². The summed E-state index contributed by atoms with van der Waals surface area (Å²) in [5, 5.41) is 4.41. The highest BCUT2D eigenvalue weighted by atomic mass is 127. The normalized spacial score (nSPS) is 10.8. The lowest BCUT2D eigenvalue weighted by atomic mass is 10.2. The molecule has 0 fully saturated rings. The number of nitrogens with zero attached hydrogens (tertiary/aromatic N) is 2. The summed E-state index contributed by atoms with van der Waals surface area (Å²) in [6.45, 7) is 0.350. The number of rotatable bonds is 7. The average Bonchev–Trinajstić information content (AvgIpc) is 2.74. The van der Waals surface area contributed by atoms with Gasteiger partial charge < -0.3 is 9.47 Å². The summed E-state index contributed by atoms with van der Waals surface area (Å²) in [4.78, 5) is 16.0. The Bertz CT molecular complexity index is 1080. The molecule has 1 amide bonds. The van der Waals surface area contributed by atoms with Gasteiger partial charge in [0.05, 0.1) is 23.9 Å².